The number of methoxy groups -OCH3 is 1. The van der Waals surface area contributed by atoms with Crippen LogP contribution in [0.25, 0.3) is 6.08 Å². The van der Waals surface area contributed by atoms with Crippen molar-refractivity contribution in [2.75, 3.05) is 7.11 Å². The molecule has 0 radical (unpaired) electrons. The molecule has 10 heteroatoms. The van der Waals surface area contributed by atoms with Crippen molar-refractivity contribution in [1.29, 1.82) is 0 Å². The number of ether oxygens (including phenoxy) is 3. The summed E-state index contributed by atoms with van der Waals surface area (Å²) in [5.74, 6) is 0.533. The molecular formula is C25H28N2O7S. The van der Waals surface area contributed by atoms with Crippen LogP contribution in [-0.2, 0) is 25.5 Å². The molecule has 0 saturated carbocycles. The van der Waals surface area contributed by atoms with Crippen molar-refractivity contribution in [1.82, 2.24) is 5.32 Å². The lowest BCUT2D eigenvalue weighted by molar-refractivity contribution is -0.143. The molecule has 0 spiro atoms. The Labute approximate surface area is 208 Å². The summed E-state index contributed by atoms with van der Waals surface area (Å²) >= 11 is 0.657. The zero-order chi connectivity index (χ0) is 26.0. The highest BCUT2D eigenvalue weighted by molar-refractivity contribution is 8.17. The number of primary amides is 1. The van der Waals surface area contributed by atoms with E-state index < -0.39 is 28.9 Å². The number of allylic oxidation sites excluding steroid dienone is 1. The highest BCUT2D eigenvalue weighted by atomic mass is 32.2. The minimum absolute atomic E-state index is 0.202. The average Bonchev–Trinajstić information content (AvgIpc) is 2.78. The number of carbonyl (C=O) groups excluding carboxylic acids is 4. The van der Waals surface area contributed by atoms with Crippen LogP contribution in [0.3, 0.4) is 0 Å². The van der Waals surface area contributed by atoms with Crippen molar-refractivity contribution in [3.05, 3.63) is 64.6 Å². The maximum Gasteiger partial charge on any atom is 0.408 e. The number of nitrogens with one attached hydrogen (secondary N) is 1. The molecule has 0 fully saturated rings. The summed E-state index contributed by atoms with van der Waals surface area (Å²) in [5, 5.41) is 1.88. The second-order valence-corrected chi connectivity index (χ2v) is 9.40. The Bertz CT molecular complexity index is 1070. The third kappa shape index (κ3) is 9.93. The summed E-state index contributed by atoms with van der Waals surface area (Å²) in [6.07, 6.45) is 1.61. The molecule has 0 aliphatic carbocycles. The standard InChI is InChI=1S/C25H28N2O7S/c1-25(2,3)34-24(31)27-21(22(29)32-4)14-17-7-11-19(12-8-17)33-18-9-5-16(6-10-18)13-20(15-28)35-23(26)30/h5-13,15,21H,14H2,1-4H3,(H2,26,30)(H,27,31)/b20-13-. The maximum absolute atomic E-state index is 12.1. The first kappa shape index (κ1) is 27.5. The van der Waals surface area contributed by atoms with Gasteiger partial charge in [-0.25, -0.2) is 9.59 Å². The number of hydrogen-bond donors (Lipinski definition) is 2. The van der Waals surface area contributed by atoms with Crippen LogP contribution in [0.2, 0.25) is 0 Å². The monoisotopic (exact) mass is 500 g/mol. The summed E-state index contributed by atoms with van der Waals surface area (Å²) in [7, 11) is 1.25. The van der Waals surface area contributed by atoms with E-state index in [1.807, 2.05) is 0 Å². The average molecular weight is 501 g/mol. The number of carbonyl (C=O) groups is 4. The first-order chi connectivity index (χ1) is 16.5. The van der Waals surface area contributed by atoms with E-state index >= 15 is 0 Å². The van der Waals surface area contributed by atoms with E-state index in [0.717, 1.165) is 5.56 Å². The lowest BCUT2D eigenvalue weighted by Gasteiger charge is -2.22. The Hall–Kier alpha value is -3.79. The largest absolute Gasteiger partial charge is 0.467 e. The smallest absolute Gasteiger partial charge is 0.408 e. The number of alkyl carbamates (subject to hydrolysis) is 1. The molecule has 0 aromatic heterocycles. The summed E-state index contributed by atoms with van der Waals surface area (Å²) in [6.45, 7) is 5.19. The van der Waals surface area contributed by atoms with Gasteiger partial charge in [0.05, 0.1) is 12.0 Å². The predicted octanol–water partition coefficient (Wildman–Crippen LogP) is 4.44. The number of esters is 1. The van der Waals surface area contributed by atoms with Crippen LogP contribution in [0.15, 0.2) is 53.4 Å². The Kier molecular flexibility index (Phi) is 9.89. The Balaban J connectivity index is 2.03. The predicted molar refractivity (Wildman–Crippen MR) is 133 cm³/mol. The molecule has 1 unspecified atom stereocenters. The molecular weight excluding hydrogens is 472 g/mol. The van der Waals surface area contributed by atoms with E-state index in [1.54, 1.807) is 75.4 Å². The Morgan fingerprint density at radius 3 is 2.09 bits per heavy atom. The molecule has 186 valence electrons. The van der Waals surface area contributed by atoms with Gasteiger partial charge >= 0.3 is 12.1 Å². The van der Waals surface area contributed by atoms with Crippen LogP contribution < -0.4 is 15.8 Å². The molecule has 3 N–H and O–H groups in total. The molecule has 2 aromatic carbocycles. The second kappa shape index (κ2) is 12.6. The summed E-state index contributed by atoms with van der Waals surface area (Å²) in [4.78, 5) is 46.4. The van der Waals surface area contributed by atoms with Gasteiger partial charge in [0.15, 0.2) is 6.29 Å². The zero-order valence-electron chi connectivity index (χ0n) is 19.9. The van der Waals surface area contributed by atoms with Gasteiger partial charge in [-0.15, -0.1) is 0 Å². The minimum atomic E-state index is -0.911. The molecule has 2 aromatic rings. The first-order valence-electron chi connectivity index (χ1n) is 10.6. The van der Waals surface area contributed by atoms with Gasteiger partial charge in [0, 0.05) is 6.42 Å². The fourth-order valence-electron chi connectivity index (χ4n) is 2.85. The highest BCUT2D eigenvalue weighted by Crippen LogP contribution is 2.24. The van der Waals surface area contributed by atoms with E-state index in [1.165, 1.54) is 7.11 Å². The quantitative estimate of drug-likeness (QED) is 0.293. The van der Waals surface area contributed by atoms with Crippen molar-refractivity contribution < 1.29 is 33.4 Å². The van der Waals surface area contributed by atoms with Crippen molar-refractivity contribution >= 4 is 41.4 Å². The zero-order valence-corrected chi connectivity index (χ0v) is 20.7. The number of benzene rings is 2. The Morgan fingerprint density at radius 2 is 1.60 bits per heavy atom. The maximum atomic E-state index is 12.1. The van der Waals surface area contributed by atoms with Crippen molar-refractivity contribution in [3.8, 4) is 11.5 Å². The van der Waals surface area contributed by atoms with Crippen LogP contribution in [0.4, 0.5) is 9.59 Å². The van der Waals surface area contributed by atoms with E-state index in [-0.39, 0.29) is 11.3 Å². The second-order valence-electron chi connectivity index (χ2n) is 8.33. The lowest BCUT2D eigenvalue weighted by Crippen LogP contribution is -2.45. The molecule has 1 atom stereocenters. The number of hydrogen-bond acceptors (Lipinski definition) is 8. The molecule has 0 aliphatic heterocycles. The van der Waals surface area contributed by atoms with Gasteiger partial charge in [0.2, 0.25) is 0 Å². The number of thioether (sulfide) groups is 1. The van der Waals surface area contributed by atoms with Gasteiger partial charge in [-0.3, -0.25) is 9.59 Å². The van der Waals surface area contributed by atoms with Gasteiger partial charge in [0.25, 0.3) is 5.24 Å². The molecule has 35 heavy (non-hydrogen) atoms. The summed E-state index contributed by atoms with van der Waals surface area (Å²) in [5.41, 5.74) is 5.87. The summed E-state index contributed by atoms with van der Waals surface area (Å²) < 4.78 is 15.8. The Morgan fingerprint density at radius 1 is 1.03 bits per heavy atom. The highest BCUT2D eigenvalue weighted by Gasteiger charge is 2.25. The molecule has 0 bridgehead atoms. The summed E-state index contributed by atoms with van der Waals surface area (Å²) in [6, 6.07) is 13.0. The molecule has 2 rings (SSSR count). The topological polar surface area (TPSA) is 134 Å². The van der Waals surface area contributed by atoms with Gasteiger partial charge in [-0.05, 0) is 74.0 Å². The number of rotatable bonds is 9. The van der Waals surface area contributed by atoms with E-state index in [4.69, 9.17) is 19.9 Å². The van der Waals surface area contributed by atoms with Crippen LogP contribution in [0.1, 0.15) is 31.9 Å². The molecule has 0 aliphatic rings. The van der Waals surface area contributed by atoms with Gasteiger partial charge in [0.1, 0.15) is 23.1 Å². The van der Waals surface area contributed by atoms with E-state index in [0.29, 0.717) is 35.1 Å². The van der Waals surface area contributed by atoms with Gasteiger partial charge < -0.3 is 25.3 Å². The minimum Gasteiger partial charge on any atom is -0.467 e. The van der Waals surface area contributed by atoms with Crippen molar-refractivity contribution in [3.63, 3.8) is 0 Å². The van der Waals surface area contributed by atoms with Crippen molar-refractivity contribution in [2.24, 2.45) is 5.73 Å². The molecule has 0 heterocycles. The van der Waals surface area contributed by atoms with E-state index in [9.17, 15) is 19.2 Å². The molecule has 0 saturated heterocycles. The first-order valence-corrected chi connectivity index (χ1v) is 11.4. The van der Waals surface area contributed by atoms with Crippen LogP contribution in [-0.4, -0.2) is 42.3 Å². The van der Waals surface area contributed by atoms with Crippen LogP contribution in [0.5, 0.6) is 11.5 Å². The third-order valence-corrected chi connectivity index (χ3v) is 4.95. The fourth-order valence-corrected chi connectivity index (χ4v) is 3.33. The van der Waals surface area contributed by atoms with Gasteiger partial charge in [-0.1, -0.05) is 24.3 Å². The number of amides is 2. The number of nitrogens with two attached hydrogens (primary N) is 1. The normalized spacial score (nSPS) is 12.3. The fraction of sp³-hybridized carbons (Fsp3) is 0.280. The third-order valence-electron chi connectivity index (χ3n) is 4.30. The molecule has 2 amide bonds. The lowest BCUT2D eigenvalue weighted by atomic mass is 10.1. The van der Waals surface area contributed by atoms with Gasteiger partial charge in [-0.2, -0.15) is 0 Å². The van der Waals surface area contributed by atoms with Crippen LogP contribution in [0, 0.1) is 0 Å². The molecule has 9 nitrogen and oxygen atoms in total. The van der Waals surface area contributed by atoms with E-state index in [2.05, 4.69) is 5.32 Å². The SMILES string of the molecule is COC(=O)C(Cc1ccc(Oc2ccc(/C=C(/C=O)SC(N)=O)cc2)cc1)NC(=O)OC(C)(C)C. The number of aldehydes is 1. The van der Waals surface area contributed by atoms with Crippen LogP contribution >= 0.6 is 11.8 Å². The van der Waals surface area contributed by atoms with Crippen molar-refractivity contribution in [2.45, 2.75) is 38.8 Å².